The van der Waals surface area contributed by atoms with Crippen molar-refractivity contribution in [3.63, 3.8) is 0 Å². The Morgan fingerprint density at radius 3 is 2.68 bits per heavy atom. The topological polar surface area (TPSA) is 70.6 Å². The second-order valence-corrected chi connectivity index (χ2v) is 8.15. The van der Waals surface area contributed by atoms with E-state index >= 15 is 0 Å². The zero-order valence-electron chi connectivity index (χ0n) is 14.1. The molecule has 1 aliphatic heterocycles. The van der Waals surface area contributed by atoms with Crippen LogP contribution in [0.25, 0.3) is 0 Å². The summed E-state index contributed by atoms with van der Waals surface area (Å²) in [6.45, 7) is 0.472. The van der Waals surface area contributed by atoms with Crippen molar-refractivity contribution < 1.29 is 13.2 Å². The number of rotatable bonds is 5. The van der Waals surface area contributed by atoms with Crippen LogP contribution < -0.4 is 0 Å². The highest BCUT2D eigenvalue weighted by Gasteiger charge is 2.32. The first kappa shape index (κ1) is 17.6. The molecular formula is C18H21N3O3S. The van der Waals surface area contributed by atoms with E-state index in [0.717, 1.165) is 22.7 Å². The van der Waals surface area contributed by atoms with Crippen LogP contribution in [0.4, 0.5) is 0 Å². The summed E-state index contributed by atoms with van der Waals surface area (Å²) in [6, 6.07) is 12.9. The van der Waals surface area contributed by atoms with Gasteiger partial charge < -0.3 is 4.90 Å². The van der Waals surface area contributed by atoms with Crippen LogP contribution in [0.15, 0.2) is 59.8 Å². The van der Waals surface area contributed by atoms with Gasteiger partial charge in [0.05, 0.1) is 12.6 Å². The quantitative estimate of drug-likeness (QED) is 0.819. The lowest BCUT2D eigenvalue weighted by atomic mass is 10.0. The number of amides is 1. The minimum Gasteiger partial charge on any atom is -0.335 e. The van der Waals surface area contributed by atoms with Gasteiger partial charge in [0.2, 0.25) is 15.9 Å². The van der Waals surface area contributed by atoms with E-state index < -0.39 is 10.0 Å². The number of likely N-dealkylation sites (tertiary alicyclic amines) is 1. The highest BCUT2D eigenvalue weighted by molar-refractivity contribution is 7.89. The Labute approximate surface area is 148 Å². The number of pyridine rings is 1. The van der Waals surface area contributed by atoms with E-state index in [1.807, 2.05) is 30.3 Å². The number of nitrogens with zero attached hydrogens (tertiary/aromatic N) is 3. The van der Waals surface area contributed by atoms with Gasteiger partial charge in [0.1, 0.15) is 4.90 Å². The molecule has 1 aromatic carbocycles. The summed E-state index contributed by atoms with van der Waals surface area (Å²) in [5.74, 6) is -0.179. The zero-order valence-corrected chi connectivity index (χ0v) is 14.9. The maximum Gasteiger partial charge on any atom is 0.244 e. The minimum absolute atomic E-state index is 0.0168. The number of aromatic nitrogens is 1. The molecule has 7 heteroatoms. The largest absolute Gasteiger partial charge is 0.335 e. The molecule has 2 aromatic rings. The summed E-state index contributed by atoms with van der Waals surface area (Å²) in [7, 11) is -2.30. The maximum atomic E-state index is 12.7. The van der Waals surface area contributed by atoms with E-state index in [4.69, 9.17) is 0 Å². The molecule has 1 amide bonds. The second-order valence-electron chi connectivity index (χ2n) is 6.11. The van der Waals surface area contributed by atoms with Gasteiger partial charge in [-0.05, 0) is 30.5 Å². The van der Waals surface area contributed by atoms with E-state index in [1.165, 1.54) is 25.5 Å². The average molecular weight is 359 g/mol. The summed E-state index contributed by atoms with van der Waals surface area (Å²) in [4.78, 5) is 18.4. The maximum absolute atomic E-state index is 12.7. The van der Waals surface area contributed by atoms with Crippen LogP contribution in [0.5, 0.6) is 0 Å². The first-order chi connectivity index (χ1) is 12.0. The number of hydrogen-bond donors (Lipinski definition) is 0. The fraction of sp³-hybridized carbons (Fsp3) is 0.333. The monoisotopic (exact) mass is 359 g/mol. The molecule has 1 unspecified atom stereocenters. The van der Waals surface area contributed by atoms with Crippen LogP contribution in [0.2, 0.25) is 0 Å². The summed E-state index contributed by atoms with van der Waals surface area (Å²) >= 11 is 0. The summed E-state index contributed by atoms with van der Waals surface area (Å²) < 4.78 is 26.2. The molecule has 0 saturated carbocycles. The third-order valence-electron chi connectivity index (χ3n) is 4.46. The van der Waals surface area contributed by atoms with Gasteiger partial charge in [0, 0.05) is 26.0 Å². The summed E-state index contributed by atoms with van der Waals surface area (Å²) in [5.41, 5.74) is 1.09. The van der Waals surface area contributed by atoms with Crippen molar-refractivity contribution in [1.29, 1.82) is 0 Å². The standard InChI is InChI=1S/C18H21N3O3S/c1-20(25(23,24)16-9-5-11-19-13-16)14-18(22)21-12-6-10-17(21)15-7-3-2-4-8-15/h2-5,7-9,11,13,17H,6,10,12,14H2,1H3. The van der Waals surface area contributed by atoms with Gasteiger partial charge in [-0.15, -0.1) is 0 Å². The molecule has 25 heavy (non-hydrogen) atoms. The van der Waals surface area contributed by atoms with Crippen molar-refractivity contribution in [2.45, 2.75) is 23.8 Å². The third kappa shape index (κ3) is 3.72. The Kier molecular flexibility index (Phi) is 5.15. The molecule has 1 aromatic heterocycles. The Morgan fingerprint density at radius 1 is 1.24 bits per heavy atom. The Hall–Kier alpha value is -2.25. The van der Waals surface area contributed by atoms with Gasteiger partial charge in [0.15, 0.2) is 0 Å². The van der Waals surface area contributed by atoms with Crippen molar-refractivity contribution >= 4 is 15.9 Å². The van der Waals surface area contributed by atoms with Gasteiger partial charge in [-0.3, -0.25) is 9.78 Å². The van der Waals surface area contributed by atoms with Gasteiger partial charge in [-0.1, -0.05) is 30.3 Å². The Bertz CT molecular complexity index is 825. The number of carbonyl (C=O) groups excluding carboxylic acids is 1. The highest BCUT2D eigenvalue weighted by atomic mass is 32.2. The van der Waals surface area contributed by atoms with Gasteiger partial charge >= 0.3 is 0 Å². The van der Waals surface area contributed by atoms with Crippen LogP contribution in [0, 0.1) is 0 Å². The number of likely N-dealkylation sites (N-methyl/N-ethyl adjacent to an activating group) is 1. The highest BCUT2D eigenvalue weighted by Crippen LogP contribution is 2.31. The lowest BCUT2D eigenvalue weighted by molar-refractivity contribution is -0.132. The number of sulfonamides is 1. The van der Waals surface area contributed by atoms with Crippen LogP contribution in [-0.2, 0) is 14.8 Å². The van der Waals surface area contributed by atoms with Crippen molar-refractivity contribution in [2.75, 3.05) is 20.1 Å². The van der Waals surface area contributed by atoms with E-state index in [1.54, 1.807) is 11.0 Å². The Morgan fingerprint density at radius 2 is 2.00 bits per heavy atom. The third-order valence-corrected chi connectivity index (χ3v) is 6.24. The van der Waals surface area contributed by atoms with Crippen LogP contribution in [0.3, 0.4) is 0 Å². The number of carbonyl (C=O) groups is 1. The molecule has 0 aliphatic carbocycles. The summed E-state index contributed by atoms with van der Waals surface area (Å²) in [6.07, 6.45) is 4.62. The van der Waals surface area contributed by atoms with Crippen LogP contribution in [-0.4, -0.2) is 48.7 Å². The zero-order chi connectivity index (χ0) is 17.9. The fourth-order valence-electron chi connectivity index (χ4n) is 3.13. The average Bonchev–Trinajstić information content (AvgIpc) is 3.13. The lowest BCUT2D eigenvalue weighted by Crippen LogP contribution is -2.40. The predicted molar refractivity (Wildman–Crippen MR) is 94.2 cm³/mol. The minimum atomic E-state index is -3.72. The molecule has 0 radical (unpaired) electrons. The molecule has 1 fully saturated rings. The van der Waals surface area contributed by atoms with Crippen molar-refractivity contribution in [3.05, 3.63) is 60.4 Å². The van der Waals surface area contributed by atoms with Crippen molar-refractivity contribution in [3.8, 4) is 0 Å². The van der Waals surface area contributed by atoms with Crippen molar-refractivity contribution in [2.24, 2.45) is 0 Å². The van der Waals surface area contributed by atoms with Gasteiger partial charge in [-0.2, -0.15) is 4.31 Å². The number of benzene rings is 1. The van der Waals surface area contributed by atoms with E-state index in [9.17, 15) is 13.2 Å². The molecule has 132 valence electrons. The molecule has 6 nitrogen and oxygen atoms in total. The molecule has 1 aliphatic rings. The molecular weight excluding hydrogens is 338 g/mol. The van der Waals surface area contributed by atoms with Gasteiger partial charge in [-0.25, -0.2) is 8.42 Å². The predicted octanol–water partition coefficient (Wildman–Crippen LogP) is 2.07. The first-order valence-corrected chi connectivity index (χ1v) is 9.65. The van der Waals surface area contributed by atoms with Crippen LogP contribution in [0.1, 0.15) is 24.4 Å². The SMILES string of the molecule is CN(CC(=O)N1CCCC1c1ccccc1)S(=O)(=O)c1cccnc1. The Balaban J connectivity index is 1.73. The molecule has 3 rings (SSSR count). The van der Waals surface area contributed by atoms with Crippen LogP contribution >= 0.6 is 0 Å². The fourth-order valence-corrected chi connectivity index (χ4v) is 4.22. The summed E-state index contributed by atoms with van der Waals surface area (Å²) in [5, 5.41) is 0. The first-order valence-electron chi connectivity index (χ1n) is 8.21. The van der Waals surface area contributed by atoms with E-state index in [-0.39, 0.29) is 23.4 Å². The van der Waals surface area contributed by atoms with Crippen molar-refractivity contribution in [1.82, 2.24) is 14.2 Å². The molecule has 0 bridgehead atoms. The van der Waals surface area contributed by atoms with E-state index in [0.29, 0.717) is 6.54 Å². The lowest BCUT2D eigenvalue weighted by Gasteiger charge is -2.27. The molecule has 0 spiro atoms. The van der Waals surface area contributed by atoms with Gasteiger partial charge in [0.25, 0.3) is 0 Å². The molecule has 0 N–H and O–H groups in total. The second kappa shape index (κ2) is 7.33. The smallest absolute Gasteiger partial charge is 0.244 e. The van der Waals surface area contributed by atoms with E-state index in [2.05, 4.69) is 4.98 Å². The number of hydrogen-bond acceptors (Lipinski definition) is 4. The molecule has 2 heterocycles. The normalized spacial score (nSPS) is 17.8. The molecule has 1 saturated heterocycles. The molecule has 1 atom stereocenters.